The average Bonchev–Trinajstić information content (AvgIpc) is 2.66. The Kier molecular flexibility index (Phi) is 3.53. The molecule has 1 aromatic carbocycles. The molecule has 18 heavy (non-hydrogen) atoms. The lowest BCUT2D eigenvalue weighted by Crippen LogP contribution is -2.09. The Morgan fingerprint density at radius 3 is 2.72 bits per heavy atom. The molecule has 0 fully saturated rings. The Morgan fingerprint density at radius 1 is 1.44 bits per heavy atom. The highest BCUT2D eigenvalue weighted by atomic mass is 35.5. The molecule has 0 spiro atoms. The van der Waals surface area contributed by atoms with E-state index in [0.717, 1.165) is 5.69 Å². The summed E-state index contributed by atoms with van der Waals surface area (Å²) in [6.07, 6.45) is 0. The third-order valence-corrected chi connectivity index (χ3v) is 2.62. The predicted octanol–water partition coefficient (Wildman–Crippen LogP) is 2.28. The first-order chi connectivity index (χ1) is 8.65. The van der Waals surface area contributed by atoms with Crippen molar-refractivity contribution >= 4 is 23.4 Å². The Bertz CT molecular complexity index is 566. The minimum Gasteiger partial charge on any atom is -0.462 e. The Balaban J connectivity index is 2.47. The maximum absolute atomic E-state index is 11.7. The van der Waals surface area contributed by atoms with Crippen LogP contribution in [0, 0.1) is 0 Å². The summed E-state index contributed by atoms with van der Waals surface area (Å²) in [5, 5.41) is 4.08. The molecule has 6 heteroatoms. The molecule has 2 aromatic rings. The monoisotopic (exact) mass is 265 g/mol. The number of anilines is 1. The fourth-order valence-corrected chi connectivity index (χ4v) is 1.81. The molecule has 2 N–H and O–H groups in total. The second kappa shape index (κ2) is 5.10. The smallest absolute Gasteiger partial charge is 0.345 e. The molecule has 0 atom stereocenters. The van der Waals surface area contributed by atoms with Crippen LogP contribution in [0.25, 0.3) is 5.69 Å². The van der Waals surface area contributed by atoms with Gasteiger partial charge in [-0.25, -0.2) is 9.48 Å². The standard InChI is InChI=1S/C12H12ClN3O2/c1-2-18-12(17)9-10(13)15-16(11(9)14)8-6-4-3-5-7-8/h3-7H,2,14H2,1H3. The van der Waals surface area contributed by atoms with Crippen LogP contribution in [0.4, 0.5) is 5.82 Å². The number of halogens is 1. The van der Waals surface area contributed by atoms with E-state index in [-0.39, 0.29) is 23.1 Å². The van der Waals surface area contributed by atoms with Crippen LogP contribution < -0.4 is 5.73 Å². The summed E-state index contributed by atoms with van der Waals surface area (Å²) in [5.74, 6) is -0.396. The highest BCUT2D eigenvalue weighted by Gasteiger charge is 2.22. The quantitative estimate of drug-likeness (QED) is 0.865. The number of rotatable bonds is 3. The SMILES string of the molecule is CCOC(=O)c1c(Cl)nn(-c2ccccc2)c1N. The van der Waals surface area contributed by atoms with E-state index in [1.54, 1.807) is 6.92 Å². The lowest BCUT2D eigenvalue weighted by molar-refractivity contribution is 0.0528. The van der Waals surface area contributed by atoms with E-state index < -0.39 is 5.97 Å². The number of hydrogen-bond acceptors (Lipinski definition) is 4. The van der Waals surface area contributed by atoms with Gasteiger partial charge in [0.05, 0.1) is 12.3 Å². The lowest BCUT2D eigenvalue weighted by Gasteiger charge is -2.04. The van der Waals surface area contributed by atoms with Gasteiger partial charge in [-0.3, -0.25) is 0 Å². The zero-order valence-corrected chi connectivity index (χ0v) is 10.5. The number of nitrogen functional groups attached to an aromatic ring is 1. The summed E-state index contributed by atoms with van der Waals surface area (Å²) < 4.78 is 6.29. The molecule has 0 aliphatic heterocycles. The maximum Gasteiger partial charge on any atom is 0.345 e. The van der Waals surface area contributed by atoms with E-state index >= 15 is 0 Å². The third-order valence-electron chi connectivity index (χ3n) is 2.36. The molecule has 0 aliphatic carbocycles. The Hall–Kier alpha value is -2.01. The number of aromatic nitrogens is 2. The number of nitrogens with zero attached hydrogens (tertiary/aromatic N) is 2. The van der Waals surface area contributed by atoms with E-state index in [1.807, 2.05) is 30.3 Å². The van der Waals surface area contributed by atoms with Crippen LogP contribution in [0.15, 0.2) is 30.3 Å². The van der Waals surface area contributed by atoms with Crippen LogP contribution in [-0.4, -0.2) is 22.4 Å². The summed E-state index contributed by atoms with van der Waals surface area (Å²) in [6.45, 7) is 1.97. The van der Waals surface area contributed by atoms with Crippen LogP contribution in [0.1, 0.15) is 17.3 Å². The van der Waals surface area contributed by atoms with E-state index in [1.165, 1.54) is 4.68 Å². The Morgan fingerprint density at radius 2 is 2.11 bits per heavy atom. The third kappa shape index (κ3) is 2.17. The van der Waals surface area contributed by atoms with Crippen LogP contribution in [0.5, 0.6) is 0 Å². The molecule has 2 rings (SSSR count). The zero-order valence-electron chi connectivity index (χ0n) is 9.76. The molecule has 5 nitrogen and oxygen atoms in total. The van der Waals surface area contributed by atoms with Crippen molar-refractivity contribution in [1.82, 2.24) is 9.78 Å². The summed E-state index contributed by atoms with van der Waals surface area (Å²) in [4.78, 5) is 11.7. The fourth-order valence-electron chi connectivity index (χ4n) is 1.56. The summed E-state index contributed by atoms with van der Waals surface area (Å²) in [6, 6.07) is 9.18. The van der Waals surface area contributed by atoms with Crippen molar-refractivity contribution in [1.29, 1.82) is 0 Å². The lowest BCUT2D eigenvalue weighted by atomic mass is 10.3. The van der Waals surface area contributed by atoms with Gasteiger partial charge in [0.15, 0.2) is 5.15 Å². The number of ether oxygens (including phenoxy) is 1. The topological polar surface area (TPSA) is 70.1 Å². The van der Waals surface area contributed by atoms with Gasteiger partial charge in [0.25, 0.3) is 0 Å². The van der Waals surface area contributed by atoms with Crippen molar-refractivity contribution < 1.29 is 9.53 Å². The molecule has 1 heterocycles. The van der Waals surface area contributed by atoms with Gasteiger partial charge in [-0.1, -0.05) is 29.8 Å². The largest absolute Gasteiger partial charge is 0.462 e. The van der Waals surface area contributed by atoms with Crippen LogP contribution in [0.3, 0.4) is 0 Å². The van der Waals surface area contributed by atoms with Crippen molar-refractivity contribution in [2.45, 2.75) is 6.92 Å². The number of esters is 1. The van der Waals surface area contributed by atoms with Gasteiger partial charge in [0, 0.05) is 0 Å². The van der Waals surface area contributed by atoms with Crippen molar-refractivity contribution in [3.8, 4) is 5.69 Å². The molecule has 0 saturated heterocycles. The molecule has 0 radical (unpaired) electrons. The fraction of sp³-hybridized carbons (Fsp3) is 0.167. The van der Waals surface area contributed by atoms with Gasteiger partial charge in [-0.05, 0) is 19.1 Å². The molecule has 0 bridgehead atoms. The summed E-state index contributed by atoms with van der Waals surface area (Å²) in [5.41, 5.74) is 6.71. The zero-order chi connectivity index (χ0) is 13.1. The van der Waals surface area contributed by atoms with Crippen molar-refractivity contribution in [2.75, 3.05) is 12.3 Å². The van der Waals surface area contributed by atoms with E-state index in [0.29, 0.717) is 0 Å². The maximum atomic E-state index is 11.7. The Labute approximate surface area is 109 Å². The number of carbonyl (C=O) groups is 1. The molecule has 0 aliphatic rings. The predicted molar refractivity (Wildman–Crippen MR) is 68.9 cm³/mol. The van der Waals surface area contributed by atoms with E-state index in [4.69, 9.17) is 22.1 Å². The van der Waals surface area contributed by atoms with Crippen molar-refractivity contribution in [3.05, 3.63) is 41.0 Å². The van der Waals surface area contributed by atoms with Crippen LogP contribution >= 0.6 is 11.6 Å². The number of carbonyl (C=O) groups excluding carboxylic acids is 1. The van der Waals surface area contributed by atoms with Crippen molar-refractivity contribution in [3.63, 3.8) is 0 Å². The van der Waals surface area contributed by atoms with E-state index in [2.05, 4.69) is 5.10 Å². The molecule has 94 valence electrons. The number of nitrogens with two attached hydrogens (primary N) is 1. The average molecular weight is 266 g/mol. The molecular weight excluding hydrogens is 254 g/mol. The van der Waals surface area contributed by atoms with Gasteiger partial charge in [-0.2, -0.15) is 5.10 Å². The summed E-state index contributed by atoms with van der Waals surface area (Å²) >= 11 is 5.92. The normalized spacial score (nSPS) is 10.3. The first-order valence-corrected chi connectivity index (χ1v) is 5.79. The highest BCUT2D eigenvalue weighted by Crippen LogP contribution is 2.25. The van der Waals surface area contributed by atoms with Gasteiger partial charge >= 0.3 is 5.97 Å². The second-order valence-corrected chi connectivity index (χ2v) is 3.88. The minimum atomic E-state index is -0.567. The van der Waals surface area contributed by atoms with Crippen molar-refractivity contribution in [2.24, 2.45) is 0 Å². The second-order valence-electron chi connectivity index (χ2n) is 3.52. The number of benzene rings is 1. The van der Waals surface area contributed by atoms with Gasteiger partial charge in [-0.15, -0.1) is 0 Å². The molecule has 1 aromatic heterocycles. The summed E-state index contributed by atoms with van der Waals surface area (Å²) in [7, 11) is 0. The molecule has 0 unspecified atom stereocenters. The van der Waals surface area contributed by atoms with Gasteiger partial charge < -0.3 is 10.5 Å². The highest BCUT2D eigenvalue weighted by molar-refractivity contribution is 6.33. The number of para-hydroxylation sites is 1. The van der Waals surface area contributed by atoms with Crippen LogP contribution in [-0.2, 0) is 4.74 Å². The number of hydrogen-bond donors (Lipinski definition) is 1. The molecule has 0 amide bonds. The van der Waals surface area contributed by atoms with Crippen LogP contribution in [0.2, 0.25) is 5.15 Å². The van der Waals surface area contributed by atoms with Gasteiger partial charge in [0.2, 0.25) is 0 Å². The van der Waals surface area contributed by atoms with E-state index in [9.17, 15) is 4.79 Å². The molecule has 0 saturated carbocycles. The molecular formula is C12H12ClN3O2. The minimum absolute atomic E-state index is 0.0369. The first kappa shape index (κ1) is 12.4. The van der Waals surface area contributed by atoms with Gasteiger partial charge in [0.1, 0.15) is 11.4 Å². The first-order valence-electron chi connectivity index (χ1n) is 5.41.